The summed E-state index contributed by atoms with van der Waals surface area (Å²) in [5, 5.41) is 19.9. The van der Waals surface area contributed by atoms with Gasteiger partial charge in [0.15, 0.2) is 17.4 Å². The monoisotopic (exact) mass is 374 g/mol. The number of imidazole rings is 1. The Hall–Kier alpha value is -0.465. The Morgan fingerprint density at radius 2 is 2.00 bits per heavy atom. The zero-order valence-electron chi connectivity index (χ0n) is 13.3. The van der Waals surface area contributed by atoms with Crippen LogP contribution < -0.4 is 53.1 Å². The molecule has 3 rings (SSSR count). The molecule has 4 atom stereocenters. The zero-order valence-corrected chi connectivity index (χ0v) is 14.2. The Morgan fingerprint density at radius 3 is 2.64 bits per heavy atom. The molecule has 0 aromatic carbocycles. The van der Waals surface area contributed by atoms with E-state index < -0.39 is 44.5 Å². The van der Waals surface area contributed by atoms with Crippen LogP contribution >= 0.6 is 7.82 Å². The standard InChI is InChI=1S/C10H13N4O8P.2Li/c15-6-4(1-21-23(18,19)20)22-10(7(6)16)14-3-13-5-8(14)11-2-12-9(5)17;;/h2-4,6-7,10,15-16H,1H2,(H,11,12,17)(H2,18,19,20);;/q;2*+1/p-2/t4-,6+,7?,10-;;/m1../s1/i1+1,2+1,3+1,4+1,5+1,6+1,7+1,8+1,9+1,10+1,11+1,12+1,13+1,14+1;;. The van der Waals surface area contributed by atoms with Crippen molar-refractivity contribution in [1.82, 2.24) is 19.5 Å². The summed E-state index contributed by atoms with van der Waals surface area (Å²) in [6.45, 7) is -0.750. The van der Waals surface area contributed by atoms with Crippen molar-refractivity contribution in [3.63, 3.8) is 0 Å². The second-order valence-corrected chi connectivity index (χ2v) is 6.00. The second-order valence-electron chi connectivity index (χ2n) is 4.84. The van der Waals surface area contributed by atoms with Crippen molar-refractivity contribution in [2.75, 3.05) is 6.61 Å². The number of nitrogens with one attached hydrogen (secondary N) is 1. The van der Waals surface area contributed by atoms with Crippen molar-refractivity contribution in [3.8, 4) is 0 Å². The summed E-state index contributed by atoms with van der Waals surface area (Å²) in [5.41, 5.74) is -0.397. The van der Waals surface area contributed by atoms with Crippen LogP contribution in [-0.4, -0.2) is 54.7 Å². The molecule has 3 N–H and O–H groups in total. The largest absolute Gasteiger partial charge is 1.00 e. The van der Waals surface area contributed by atoms with Crippen molar-refractivity contribution in [2.45, 2.75) is 24.5 Å². The Labute approximate surface area is 164 Å². The normalized spacial score (nSPS) is 26.2. The minimum atomic E-state index is -5.24. The molecule has 126 valence electrons. The summed E-state index contributed by atoms with van der Waals surface area (Å²) < 4.78 is 21.1. The fourth-order valence-corrected chi connectivity index (χ4v) is 2.64. The van der Waals surface area contributed by atoms with Gasteiger partial charge in [-0.25, -0.2) is 9.97 Å². The third-order valence-corrected chi connectivity index (χ3v) is 3.84. The summed E-state index contributed by atoms with van der Waals surface area (Å²) in [7, 11) is -5.24. The summed E-state index contributed by atoms with van der Waals surface area (Å²) >= 11 is 0. The number of hydrogen-bond acceptors (Lipinski definition) is 10. The fourth-order valence-electron chi connectivity index (χ4n) is 2.31. The number of fused-ring (bicyclic) bond motifs is 1. The molecule has 25 heavy (non-hydrogen) atoms. The van der Waals surface area contributed by atoms with Crippen molar-refractivity contribution in [2.24, 2.45) is 0 Å². The van der Waals surface area contributed by atoms with Crippen molar-refractivity contribution < 1.29 is 71.5 Å². The van der Waals surface area contributed by atoms with E-state index in [1.165, 1.54) is 10.9 Å². The summed E-state index contributed by atoms with van der Waals surface area (Å²) in [6, 6.07) is 0. The average molecular weight is 374 g/mol. The van der Waals surface area contributed by atoms with Gasteiger partial charge in [-0.3, -0.25) is 9.36 Å². The third-order valence-electron chi connectivity index (χ3n) is 3.37. The minimum absolute atomic E-state index is 0. The molecule has 3 heterocycles. The van der Waals surface area contributed by atoms with Crippen LogP contribution in [0.25, 0.3) is 11.2 Å². The number of hydrogen-bond donors (Lipinski definition) is 3. The number of aliphatic hydroxyl groups is 2. The van der Waals surface area contributed by atoms with Gasteiger partial charge in [0.25, 0.3) is 5.56 Å². The minimum Gasteiger partial charge on any atom is -0.790 e. The van der Waals surface area contributed by atoms with Crippen LogP contribution in [0.4, 0.5) is 0 Å². The van der Waals surface area contributed by atoms with Gasteiger partial charge in [0.2, 0.25) is 0 Å². The maximum absolute atomic E-state index is 11.6. The topological polar surface area (TPSA) is 186 Å². The number of phosphoric acid groups is 1. The van der Waals surface area contributed by atoms with E-state index in [4.69, 9.17) is 4.74 Å². The van der Waals surface area contributed by atoms with Crippen LogP contribution in [0.2, 0.25) is 0 Å². The molecule has 0 spiro atoms. The molecular formula is C10H11Li2N4O8P. The van der Waals surface area contributed by atoms with E-state index in [9.17, 15) is 29.4 Å². The van der Waals surface area contributed by atoms with Gasteiger partial charge in [0.05, 0.1) is 27.1 Å². The maximum atomic E-state index is 11.6. The van der Waals surface area contributed by atoms with Crippen LogP contribution in [0.3, 0.4) is 0 Å². The van der Waals surface area contributed by atoms with Crippen LogP contribution in [0.15, 0.2) is 17.4 Å². The third kappa shape index (κ3) is 4.63. The molecule has 1 aliphatic heterocycles. The summed E-state index contributed by atoms with van der Waals surface area (Å²) in [5.74, 6) is 0. The first-order valence-corrected chi connectivity index (χ1v) is 7.82. The van der Waals surface area contributed by atoms with E-state index in [-0.39, 0.29) is 48.9 Å². The Bertz CT molecular complexity index is 825. The average Bonchev–Trinajstić information content (AvgIpc) is 3.01. The summed E-state index contributed by atoms with van der Waals surface area (Å²) in [4.78, 5) is 42.6. The molecule has 1 unspecified atom stereocenters. The first-order chi connectivity index (χ1) is 10.8. The molecule has 2 aromatic rings. The first kappa shape index (κ1) is 22.6. The van der Waals surface area contributed by atoms with Crippen LogP contribution in [0.5, 0.6) is 0 Å². The van der Waals surface area contributed by atoms with Crippen molar-refractivity contribution >= 4 is 19.0 Å². The molecule has 1 fully saturated rings. The van der Waals surface area contributed by atoms with E-state index in [0.717, 1.165) is 6.33 Å². The molecular weight excluding hydrogens is 363 g/mol. The molecule has 1 saturated heterocycles. The fraction of sp³-hybridized carbons (Fsp3) is 0.500. The zero-order chi connectivity index (χ0) is 16.8. The second kappa shape index (κ2) is 8.48. The molecule has 15 heteroatoms. The number of aliphatic hydroxyl groups excluding tert-OH is 2. The van der Waals surface area contributed by atoms with Gasteiger partial charge >= 0.3 is 37.7 Å². The number of ether oxygens (including phenoxy) is 1. The molecule has 0 saturated carbocycles. The van der Waals surface area contributed by atoms with Gasteiger partial charge in [-0.1, -0.05) is 0 Å². The van der Waals surface area contributed by atoms with Crippen molar-refractivity contribution in [1.29, 1.82) is 0 Å². The number of nitrogens with zero attached hydrogens (tertiary/aromatic N) is 3. The number of H-pyrrole nitrogens is 1. The van der Waals surface area contributed by atoms with Gasteiger partial charge in [-0.2, -0.15) is 0 Å². The molecule has 2 aromatic heterocycles. The Kier molecular flexibility index (Phi) is 7.66. The van der Waals surface area contributed by atoms with Crippen LogP contribution in [-0.2, 0) is 13.8 Å². The van der Waals surface area contributed by atoms with Gasteiger partial charge in [0.1, 0.15) is 18.3 Å². The predicted molar refractivity (Wildman–Crippen MR) is 67.6 cm³/mol. The SMILES string of the molecule is O=[13c]1[15nH][13cH][15n][13c]2[13c]1[15n][13cH][15n]2[13C@@H]1O[13C@H]([13CH2]OP(=O)([O-])[O-])[13C@H](O)[13CH]1O.[Li+].[Li+]. The quantitative estimate of drug-likeness (QED) is 0.264. The number of phosphoric ester groups is 1. The van der Waals surface area contributed by atoms with Gasteiger partial charge < -0.3 is 38.8 Å². The predicted octanol–water partition coefficient (Wildman–Crippen LogP) is -9.41. The smallest absolute Gasteiger partial charge is 0.790 e. The van der Waals surface area contributed by atoms with E-state index in [2.05, 4.69) is 19.5 Å². The maximum Gasteiger partial charge on any atom is 1.00 e. The van der Waals surface area contributed by atoms with Gasteiger partial charge in [-0.15, -0.1) is 0 Å². The van der Waals surface area contributed by atoms with Crippen LogP contribution in [0, 0.1) is 0 Å². The number of aromatic amines is 1. The molecule has 0 aliphatic carbocycles. The van der Waals surface area contributed by atoms with E-state index in [0.29, 0.717) is 0 Å². The summed E-state index contributed by atoms with van der Waals surface area (Å²) in [6.07, 6.45) is -3.11. The van der Waals surface area contributed by atoms with E-state index in [1.807, 2.05) is 0 Å². The Morgan fingerprint density at radius 1 is 1.32 bits per heavy atom. The Balaban J connectivity index is 0.00000156. The van der Waals surface area contributed by atoms with E-state index >= 15 is 0 Å². The van der Waals surface area contributed by atoms with Crippen molar-refractivity contribution in [3.05, 3.63) is 23.0 Å². The first-order valence-electron chi connectivity index (χ1n) is 6.36. The van der Waals surface area contributed by atoms with Crippen LogP contribution in [0.1, 0.15) is 6.23 Å². The molecule has 0 bridgehead atoms. The van der Waals surface area contributed by atoms with Gasteiger partial charge in [-0.05, 0) is 0 Å². The molecule has 0 radical (unpaired) electrons. The molecule has 1 aliphatic rings. The number of aromatic nitrogens is 4. The van der Waals surface area contributed by atoms with E-state index in [1.54, 1.807) is 0 Å². The number of rotatable bonds is 4. The molecule has 12 nitrogen and oxygen atoms in total. The van der Waals surface area contributed by atoms with Gasteiger partial charge in [0, 0.05) is 0 Å². The molecule has 0 amide bonds.